The molecule has 0 aromatic carbocycles. The van der Waals surface area contributed by atoms with Crippen LogP contribution in [0.15, 0.2) is 6.33 Å². The number of aromatic nitrogens is 4. The van der Waals surface area contributed by atoms with Gasteiger partial charge in [-0.2, -0.15) is 19.6 Å². The Labute approximate surface area is 105 Å². The third-order valence-corrected chi connectivity index (χ3v) is 3.53. The Morgan fingerprint density at radius 3 is 2.88 bits per heavy atom. The van der Waals surface area contributed by atoms with Crippen molar-refractivity contribution in [1.82, 2.24) is 19.6 Å². The van der Waals surface area contributed by atoms with Crippen LogP contribution in [-0.4, -0.2) is 32.7 Å². The quantitative estimate of drug-likeness (QED) is 0.788. The smallest absolute Gasteiger partial charge is 0.255 e. The van der Waals surface area contributed by atoms with Crippen LogP contribution in [0.2, 0.25) is 5.15 Å². The second kappa shape index (κ2) is 4.49. The fraction of sp³-hybridized carbons (Fsp3) is 0.545. The lowest BCUT2D eigenvalue weighted by Gasteiger charge is -2.27. The maximum Gasteiger partial charge on any atom is 0.255 e. The fourth-order valence-corrected chi connectivity index (χ4v) is 1.94. The highest BCUT2D eigenvalue weighted by Gasteiger charge is 2.18. The highest BCUT2D eigenvalue weighted by molar-refractivity contribution is 6.30. The molecule has 6 heteroatoms. The largest absolute Gasteiger partial charge is 0.357 e. The van der Waals surface area contributed by atoms with E-state index in [9.17, 15) is 0 Å². The van der Waals surface area contributed by atoms with Crippen molar-refractivity contribution in [3.05, 3.63) is 17.0 Å². The molecule has 0 saturated carbocycles. The Balaban J connectivity index is 2.65. The summed E-state index contributed by atoms with van der Waals surface area (Å²) in [5.41, 5.74) is 0.924. The lowest BCUT2D eigenvalue weighted by molar-refractivity contribution is 0.644. The van der Waals surface area contributed by atoms with E-state index in [1.165, 1.54) is 6.33 Å². The zero-order chi connectivity index (χ0) is 12.6. The number of anilines is 1. The third-order valence-electron chi connectivity index (χ3n) is 3.16. The minimum atomic E-state index is 0.402. The number of hydrogen-bond acceptors (Lipinski definition) is 4. The SMILES string of the molecule is CCC(C)N(C)c1c(C)c(Cl)nc2ncnn12. The van der Waals surface area contributed by atoms with Crippen molar-refractivity contribution in [1.29, 1.82) is 0 Å². The summed E-state index contributed by atoms with van der Waals surface area (Å²) in [6, 6.07) is 0.402. The predicted molar refractivity (Wildman–Crippen MR) is 68.7 cm³/mol. The van der Waals surface area contributed by atoms with E-state index in [4.69, 9.17) is 11.6 Å². The van der Waals surface area contributed by atoms with Gasteiger partial charge in [0.25, 0.3) is 5.78 Å². The van der Waals surface area contributed by atoms with Gasteiger partial charge in [0.05, 0.1) is 0 Å². The Hall–Kier alpha value is -1.36. The minimum Gasteiger partial charge on any atom is -0.357 e. The highest BCUT2D eigenvalue weighted by atomic mass is 35.5. The normalized spacial score (nSPS) is 13.0. The first-order valence-corrected chi connectivity index (χ1v) is 6.02. The molecule has 2 heterocycles. The Morgan fingerprint density at radius 2 is 2.24 bits per heavy atom. The molecule has 0 aliphatic carbocycles. The second-order valence-corrected chi connectivity index (χ2v) is 4.55. The molecule has 0 radical (unpaired) electrons. The van der Waals surface area contributed by atoms with Gasteiger partial charge in [0.15, 0.2) is 0 Å². The molecule has 2 rings (SSSR count). The molecule has 0 saturated heterocycles. The summed E-state index contributed by atoms with van der Waals surface area (Å²) >= 11 is 6.12. The molecule has 0 aliphatic rings. The van der Waals surface area contributed by atoms with Crippen LogP contribution in [0.1, 0.15) is 25.8 Å². The van der Waals surface area contributed by atoms with E-state index in [0.717, 1.165) is 17.8 Å². The summed E-state index contributed by atoms with van der Waals surface area (Å²) in [4.78, 5) is 10.4. The zero-order valence-electron chi connectivity index (χ0n) is 10.5. The molecule has 0 spiro atoms. The van der Waals surface area contributed by atoms with Crippen molar-refractivity contribution < 1.29 is 0 Å². The van der Waals surface area contributed by atoms with E-state index in [-0.39, 0.29) is 0 Å². The van der Waals surface area contributed by atoms with Crippen LogP contribution in [0.25, 0.3) is 5.78 Å². The molecule has 92 valence electrons. The second-order valence-electron chi connectivity index (χ2n) is 4.19. The summed E-state index contributed by atoms with van der Waals surface area (Å²) in [5.74, 6) is 1.48. The Bertz CT molecular complexity index is 536. The molecule has 0 N–H and O–H groups in total. The predicted octanol–water partition coefficient (Wildman–Crippen LogP) is 2.32. The summed E-state index contributed by atoms with van der Waals surface area (Å²) in [7, 11) is 2.04. The van der Waals surface area contributed by atoms with Crippen LogP contribution in [-0.2, 0) is 0 Å². The van der Waals surface area contributed by atoms with Gasteiger partial charge in [-0.3, -0.25) is 0 Å². The number of rotatable bonds is 3. The molecular weight excluding hydrogens is 238 g/mol. The van der Waals surface area contributed by atoms with Crippen molar-refractivity contribution >= 4 is 23.2 Å². The standard InChI is InChI=1S/C11H16ClN5/c1-5-7(2)16(4)10-8(3)9(12)15-11-13-6-14-17(10)11/h6-7H,5H2,1-4H3. The summed E-state index contributed by atoms with van der Waals surface area (Å²) in [6.45, 7) is 6.26. The van der Waals surface area contributed by atoms with Gasteiger partial charge in [-0.1, -0.05) is 18.5 Å². The van der Waals surface area contributed by atoms with Crippen LogP contribution in [0, 0.1) is 6.92 Å². The highest BCUT2D eigenvalue weighted by Crippen LogP contribution is 2.26. The van der Waals surface area contributed by atoms with Gasteiger partial charge < -0.3 is 4.90 Å². The lowest BCUT2D eigenvalue weighted by atomic mass is 10.2. The van der Waals surface area contributed by atoms with Crippen LogP contribution < -0.4 is 4.90 Å². The average molecular weight is 254 g/mol. The zero-order valence-corrected chi connectivity index (χ0v) is 11.2. The van der Waals surface area contributed by atoms with Crippen LogP contribution in [0.5, 0.6) is 0 Å². The molecule has 1 unspecified atom stereocenters. The van der Waals surface area contributed by atoms with Crippen LogP contribution in [0.3, 0.4) is 0 Å². The van der Waals surface area contributed by atoms with Crippen molar-refractivity contribution in [3.8, 4) is 0 Å². The molecule has 1 atom stereocenters. The molecule has 0 aliphatic heterocycles. The molecule has 2 aromatic rings. The van der Waals surface area contributed by atoms with Gasteiger partial charge in [0.2, 0.25) is 0 Å². The molecule has 0 amide bonds. The van der Waals surface area contributed by atoms with Gasteiger partial charge in [-0.25, -0.2) is 0 Å². The molecule has 5 nitrogen and oxygen atoms in total. The van der Waals surface area contributed by atoms with Gasteiger partial charge in [0.1, 0.15) is 17.3 Å². The van der Waals surface area contributed by atoms with Crippen LogP contribution >= 0.6 is 11.6 Å². The van der Waals surface area contributed by atoms with E-state index < -0.39 is 0 Å². The summed E-state index contributed by atoms with van der Waals surface area (Å²) in [6.07, 6.45) is 2.54. The third kappa shape index (κ3) is 1.95. The van der Waals surface area contributed by atoms with Crippen molar-refractivity contribution in [3.63, 3.8) is 0 Å². The number of nitrogens with zero attached hydrogens (tertiary/aromatic N) is 5. The summed E-state index contributed by atoms with van der Waals surface area (Å²) < 4.78 is 1.73. The minimum absolute atomic E-state index is 0.402. The lowest BCUT2D eigenvalue weighted by Crippen LogP contribution is -2.31. The first-order valence-electron chi connectivity index (χ1n) is 5.65. The van der Waals surface area contributed by atoms with Crippen molar-refractivity contribution in [2.45, 2.75) is 33.2 Å². The summed E-state index contributed by atoms with van der Waals surface area (Å²) in [5, 5.41) is 4.68. The Kier molecular flexibility index (Phi) is 3.19. The van der Waals surface area contributed by atoms with Crippen molar-refractivity contribution in [2.24, 2.45) is 0 Å². The molecular formula is C11H16ClN5. The maximum atomic E-state index is 6.12. The van der Waals surface area contributed by atoms with Gasteiger partial charge >= 0.3 is 0 Å². The van der Waals surface area contributed by atoms with Crippen LogP contribution in [0.4, 0.5) is 5.82 Å². The van der Waals surface area contributed by atoms with Gasteiger partial charge in [-0.15, -0.1) is 0 Å². The van der Waals surface area contributed by atoms with E-state index in [0.29, 0.717) is 17.0 Å². The molecule has 0 fully saturated rings. The van der Waals surface area contributed by atoms with Gasteiger partial charge in [0, 0.05) is 18.7 Å². The fourth-order valence-electron chi connectivity index (χ4n) is 1.78. The number of hydrogen-bond donors (Lipinski definition) is 0. The first kappa shape index (κ1) is 12.1. The number of fused-ring (bicyclic) bond motifs is 1. The molecule has 2 aromatic heterocycles. The Morgan fingerprint density at radius 1 is 1.53 bits per heavy atom. The van der Waals surface area contributed by atoms with E-state index in [1.807, 2.05) is 14.0 Å². The maximum absolute atomic E-state index is 6.12. The van der Waals surface area contributed by atoms with E-state index >= 15 is 0 Å². The van der Waals surface area contributed by atoms with Gasteiger partial charge in [-0.05, 0) is 20.3 Å². The van der Waals surface area contributed by atoms with E-state index in [2.05, 4.69) is 33.8 Å². The molecule has 17 heavy (non-hydrogen) atoms. The molecule has 0 bridgehead atoms. The topological polar surface area (TPSA) is 46.3 Å². The van der Waals surface area contributed by atoms with E-state index in [1.54, 1.807) is 4.52 Å². The number of halogens is 1. The average Bonchev–Trinajstić information content (AvgIpc) is 2.76. The monoisotopic (exact) mass is 253 g/mol. The van der Waals surface area contributed by atoms with Crippen molar-refractivity contribution in [2.75, 3.05) is 11.9 Å². The first-order chi connectivity index (χ1) is 8.06.